The van der Waals surface area contributed by atoms with Crippen molar-refractivity contribution in [1.82, 2.24) is 10.2 Å². The highest BCUT2D eigenvalue weighted by molar-refractivity contribution is 7.15. The van der Waals surface area contributed by atoms with Crippen molar-refractivity contribution in [2.24, 2.45) is 0 Å². The zero-order chi connectivity index (χ0) is 18.2. The minimum atomic E-state index is -2.10. The van der Waals surface area contributed by atoms with Gasteiger partial charge in [-0.25, -0.2) is 4.39 Å². The van der Waals surface area contributed by atoms with E-state index < -0.39 is 9.70 Å². The third kappa shape index (κ3) is 4.20. The van der Waals surface area contributed by atoms with Crippen LogP contribution in [0.25, 0.3) is 0 Å². The van der Waals surface area contributed by atoms with E-state index in [9.17, 15) is 14.0 Å². The standard InChI is InChI=1S/C14H10Cl3FN4O2S/c15-14(16,17)12(24)19-13-21-20-11(25-13)7-5-10(23)22(6-7)9-3-1-8(18)2-4-9/h1-4,7H,5-6H2,(H,19,21,24). The molecule has 1 aliphatic rings. The van der Waals surface area contributed by atoms with E-state index >= 15 is 0 Å². The minimum absolute atomic E-state index is 0.0984. The Morgan fingerprint density at radius 1 is 1.28 bits per heavy atom. The van der Waals surface area contributed by atoms with Gasteiger partial charge >= 0.3 is 0 Å². The van der Waals surface area contributed by atoms with Crippen LogP contribution >= 0.6 is 46.1 Å². The number of aromatic nitrogens is 2. The number of rotatable bonds is 3. The average Bonchev–Trinajstić information content (AvgIpc) is 3.14. The van der Waals surface area contributed by atoms with Crippen molar-refractivity contribution < 1.29 is 14.0 Å². The molecule has 1 unspecified atom stereocenters. The predicted molar refractivity (Wildman–Crippen MR) is 94.9 cm³/mol. The minimum Gasteiger partial charge on any atom is -0.312 e. The van der Waals surface area contributed by atoms with Gasteiger partial charge in [0, 0.05) is 24.6 Å². The molecule has 1 saturated heterocycles. The Morgan fingerprint density at radius 3 is 2.60 bits per heavy atom. The molecule has 6 nitrogen and oxygen atoms in total. The Kier molecular flexibility index (Phi) is 5.15. The smallest absolute Gasteiger partial charge is 0.278 e. The SMILES string of the molecule is O=C1CC(c2nnc(NC(=O)C(Cl)(Cl)Cl)s2)CN1c1ccc(F)cc1. The lowest BCUT2D eigenvalue weighted by molar-refractivity contribution is -0.117. The largest absolute Gasteiger partial charge is 0.312 e. The molecular weight excluding hydrogens is 414 g/mol. The molecule has 11 heteroatoms. The number of carbonyl (C=O) groups excluding carboxylic acids is 2. The normalized spacial score (nSPS) is 17.8. The molecule has 2 heterocycles. The maximum absolute atomic E-state index is 13.0. The molecule has 2 amide bonds. The number of alkyl halides is 3. The van der Waals surface area contributed by atoms with Crippen LogP contribution in [0.2, 0.25) is 0 Å². The molecule has 1 N–H and O–H groups in total. The second-order valence-corrected chi connectivity index (χ2v) is 8.57. The highest BCUT2D eigenvalue weighted by Crippen LogP contribution is 2.35. The molecule has 2 aromatic rings. The van der Waals surface area contributed by atoms with Crippen LogP contribution in [-0.4, -0.2) is 32.3 Å². The number of amides is 2. The van der Waals surface area contributed by atoms with E-state index in [1.54, 1.807) is 17.0 Å². The van der Waals surface area contributed by atoms with Gasteiger partial charge in [0.1, 0.15) is 10.8 Å². The molecule has 0 saturated carbocycles. The summed E-state index contributed by atoms with van der Waals surface area (Å²) in [6, 6.07) is 5.68. The van der Waals surface area contributed by atoms with Gasteiger partial charge in [0.15, 0.2) is 0 Å². The van der Waals surface area contributed by atoms with Gasteiger partial charge in [0.25, 0.3) is 9.70 Å². The van der Waals surface area contributed by atoms with Crippen molar-refractivity contribution >= 4 is 68.8 Å². The molecular formula is C14H10Cl3FN4O2S. The Labute approximate surface area is 160 Å². The summed E-state index contributed by atoms with van der Waals surface area (Å²) in [6.45, 7) is 0.386. The van der Waals surface area contributed by atoms with E-state index in [0.29, 0.717) is 17.2 Å². The van der Waals surface area contributed by atoms with Gasteiger partial charge in [-0.1, -0.05) is 46.1 Å². The van der Waals surface area contributed by atoms with Crippen molar-refractivity contribution in [3.63, 3.8) is 0 Å². The quantitative estimate of drug-likeness (QED) is 0.767. The van der Waals surface area contributed by atoms with E-state index in [2.05, 4.69) is 15.5 Å². The Bertz CT molecular complexity index is 809. The van der Waals surface area contributed by atoms with Crippen LogP contribution in [0, 0.1) is 5.82 Å². The van der Waals surface area contributed by atoms with E-state index in [-0.39, 0.29) is 29.2 Å². The fourth-order valence-electron chi connectivity index (χ4n) is 2.36. The van der Waals surface area contributed by atoms with Crippen molar-refractivity contribution in [3.8, 4) is 0 Å². The van der Waals surface area contributed by atoms with Gasteiger partial charge < -0.3 is 4.90 Å². The van der Waals surface area contributed by atoms with Crippen molar-refractivity contribution in [3.05, 3.63) is 35.1 Å². The second kappa shape index (κ2) is 7.03. The number of nitrogens with one attached hydrogen (secondary N) is 1. The zero-order valence-electron chi connectivity index (χ0n) is 12.4. The van der Waals surface area contributed by atoms with Crippen LogP contribution in [0.4, 0.5) is 15.2 Å². The molecule has 132 valence electrons. The van der Waals surface area contributed by atoms with E-state index in [1.165, 1.54) is 12.1 Å². The monoisotopic (exact) mass is 422 g/mol. The van der Waals surface area contributed by atoms with Gasteiger partial charge in [-0.2, -0.15) is 0 Å². The number of hydrogen-bond donors (Lipinski definition) is 1. The summed E-state index contributed by atoms with van der Waals surface area (Å²) < 4.78 is 10.9. The highest BCUT2D eigenvalue weighted by atomic mass is 35.6. The van der Waals surface area contributed by atoms with Crippen LogP contribution in [0.3, 0.4) is 0 Å². The third-order valence-electron chi connectivity index (χ3n) is 3.53. The third-order valence-corrected chi connectivity index (χ3v) is 5.05. The first kappa shape index (κ1) is 18.3. The molecule has 0 spiro atoms. The van der Waals surface area contributed by atoms with Crippen molar-refractivity contribution in [1.29, 1.82) is 0 Å². The number of nitrogens with zero attached hydrogens (tertiary/aromatic N) is 3. The van der Waals surface area contributed by atoms with Gasteiger partial charge in [-0.05, 0) is 24.3 Å². The fraction of sp³-hybridized carbons (Fsp3) is 0.286. The number of hydrogen-bond acceptors (Lipinski definition) is 5. The molecule has 1 aromatic heterocycles. The summed E-state index contributed by atoms with van der Waals surface area (Å²) in [7, 11) is 0. The first-order valence-electron chi connectivity index (χ1n) is 7.01. The van der Waals surface area contributed by atoms with Crippen molar-refractivity contribution in [2.45, 2.75) is 16.1 Å². The van der Waals surface area contributed by atoms with Crippen molar-refractivity contribution in [2.75, 3.05) is 16.8 Å². The predicted octanol–water partition coefficient (Wildman–Crippen LogP) is 3.51. The van der Waals surface area contributed by atoms with Gasteiger partial charge in [-0.3, -0.25) is 14.9 Å². The van der Waals surface area contributed by atoms with Crippen LogP contribution < -0.4 is 10.2 Å². The summed E-state index contributed by atoms with van der Waals surface area (Å²) in [5, 5.41) is 10.9. The summed E-state index contributed by atoms with van der Waals surface area (Å²) >= 11 is 17.6. The Morgan fingerprint density at radius 2 is 1.96 bits per heavy atom. The topological polar surface area (TPSA) is 75.2 Å². The molecule has 1 aliphatic heterocycles. The molecule has 1 aromatic carbocycles. The highest BCUT2D eigenvalue weighted by Gasteiger charge is 2.35. The van der Waals surface area contributed by atoms with E-state index in [1.807, 2.05) is 0 Å². The van der Waals surface area contributed by atoms with Crippen LogP contribution in [0.15, 0.2) is 24.3 Å². The van der Waals surface area contributed by atoms with E-state index in [0.717, 1.165) is 11.3 Å². The zero-order valence-corrected chi connectivity index (χ0v) is 15.5. The molecule has 1 fully saturated rings. The summed E-state index contributed by atoms with van der Waals surface area (Å²) in [5.41, 5.74) is 0.614. The Hall–Kier alpha value is -1.48. The molecule has 3 rings (SSSR count). The summed E-state index contributed by atoms with van der Waals surface area (Å²) in [4.78, 5) is 25.4. The van der Waals surface area contributed by atoms with Gasteiger partial charge in [0.05, 0.1) is 0 Å². The number of benzene rings is 1. The van der Waals surface area contributed by atoms with Crippen LogP contribution in [0.5, 0.6) is 0 Å². The number of anilines is 2. The average molecular weight is 424 g/mol. The first-order valence-corrected chi connectivity index (χ1v) is 8.96. The van der Waals surface area contributed by atoms with Crippen LogP contribution in [0.1, 0.15) is 17.3 Å². The molecule has 25 heavy (non-hydrogen) atoms. The van der Waals surface area contributed by atoms with Gasteiger partial charge in [0.2, 0.25) is 11.0 Å². The maximum Gasteiger partial charge on any atom is 0.278 e. The molecule has 0 bridgehead atoms. The van der Waals surface area contributed by atoms with Gasteiger partial charge in [-0.15, -0.1) is 10.2 Å². The lowest BCUT2D eigenvalue weighted by Gasteiger charge is -2.16. The van der Waals surface area contributed by atoms with Crippen LogP contribution in [-0.2, 0) is 9.59 Å². The number of halogens is 4. The maximum atomic E-state index is 13.0. The number of carbonyl (C=O) groups is 2. The van der Waals surface area contributed by atoms with E-state index in [4.69, 9.17) is 34.8 Å². The summed E-state index contributed by atoms with van der Waals surface area (Å²) in [6.07, 6.45) is 0.240. The first-order chi connectivity index (χ1) is 11.7. The molecule has 1 atom stereocenters. The lowest BCUT2D eigenvalue weighted by Crippen LogP contribution is -2.26. The Balaban J connectivity index is 1.70. The fourth-order valence-corrected chi connectivity index (χ4v) is 3.33. The summed E-state index contributed by atoms with van der Waals surface area (Å²) in [5.74, 6) is -1.49. The molecule has 0 radical (unpaired) electrons. The lowest BCUT2D eigenvalue weighted by atomic mass is 10.1. The molecule has 0 aliphatic carbocycles. The second-order valence-electron chi connectivity index (χ2n) is 5.28.